The summed E-state index contributed by atoms with van der Waals surface area (Å²) >= 11 is 0. The maximum Gasteiger partial charge on any atom is 0.261 e. The zero-order chi connectivity index (χ0) is 77.7. The van der Waals surface area contributed by atoms with Gasteiger partial charge in [-0.2, -0.15) is 0 Å². The van der Waals surface area contributed by atoms with E-state index in [2.05, 4.69) is 415 Å². The van der Waals surface area contributed by atoms with Gasteiger partial charge in [-0.3, -0.25) is 0 Å². The van der Waals surface area contributed by atoms with E-state index in [1.165, 1.54) is 38.7 Å². The number of anilines is 12. The lowest BCUT2D eigenvalue weighted by molar-refractivity contribution is 0.485. The molecule has 0 unspecified atom stereocenters. The lowest BCUT2D eigenvalue weighted by Crippen LogP contribution is -2.67. The fourth-order valence-corrected chi connectivity index (χ4v) is 19.0. The van der Waals surface area contributed by atoms with Gasteiger partial charge in [0.25, 0.3) is 20.1 Å². The number of ether oxygens (including phenoxy) is 2. The van der Waals surface area contributed by atoms with Gasteiger partial charge in [0.15, 0.2) is 0 Å². The second-order valence-electron chi connectivity index (χ2n) is 37.2. The molecule has 0 fully saturated rings. The summed E-state index contributed by atoms with van der Waals surface area (Å²) in [6.07, 6.45) is 0. The summed E-state index contributed by atoms with van der Waals surface area (Å²) in [5.74, 6) is 3.47. The molecular formula is C104H93B3N4O2. The normalized spacial score (nSPS) is 14.2. The third-order valence-corrected chi connectivity index (χ3v) is 24.9. The van der Waals surface area contributed by atoms with E-state index >= 15 is 0 Å². The van der Waals surface area contributed by atoms with Crippen molar-refractivity contribution in [3.8, 4) is 56.4 Å². The van der Waals surface area contributed by atoms with Gasteiger partial charge in [0.05, 0.1) is 11.4 Å². The van der Waals surface area contributed by atoms with Gasteiger partial charge in [0.2, 0.25) is 0 Å². The predicted octanol–water partition coefficient (Wildman–Crippen LogP) is 22.1. The van der Waals surface area contributed by atoms with Crippen molar-refractivity contribution >= 4 is 138 Å². The molecule has 0 spiro atoms. The Labute approximate surface area is 668 Å². The molecular weight excluding hydrogens is 1370 g/mol. The Morgan fingerprint density at radius 3 is 0.947 bits per heavy atom. The Hall–Kier alpha value is -11.9. The Kier molecular flexibility index (Phi) is 15.7. The largest absolute Gasteiger partial charge is 0.459 e. The summed E-state index contributed by atoms with van der Waals surface area (Å²) in [6.45, 7) is 34.2. The lowest BCUT2D eigenvalue weighted by Gasteiger charge is -2.50. The Bertz CT molecular complexity index is 6190. The van der Waals surface area contributed by atoms with Gasteiger partial charge in [0.1, 0.15) is 23.0 Å². The highest BCUT2D eigenvalue weighted by Crippen LogP contribution is 2.57. The number of benzene rings is 14. The van der Waals surface area contributed by atoms with Crippen LogP contribution < -0.4 is 78.2 Å². The minimum atomic E-state index is -0.550. The first-order valence-corrected chi connectivity index (χ1v) is 40.5. The highest BCUT2D eigenvalue weighted by molar-refractivity contribution is 7.05. The van der Waals surface area contributed by atoms with Gasteiger partial charge in [-0.05, 0) is 200 Å². The summed E-state index contributed by atoms with van der Waals surface area (Å²) in [6, 6.07) is 111. The van der Waals surface area contributed by atoms with Crippen molar-refractivity contribution in [3.63, 3.8) is 0 Å². The average molecular weight is 1460 g/mol. The molecule has 6 nitrogen and oxygen atoms in total. The van der Waals surface area contributed by atoms with Crippen LogP contribution in [0.3, 0.4) is 0 Å². The van der Waals surface area contributed by atoms with E-state index in [9.17, 15) is 0 Å². The standard InChI is InChI=1S/C104H93B3N4O2/c1-100(2,3)67-48-52-77-82(56-67)108(72-40-27-19-28-41-72)86-62-88-95(98-93(86)105(77)79-54-50-69(102(7,8)9)60-90(79)112-98)107-92-84(110(88)81-47-32-31-44-74(81)64-34-21-16-22-35-64)58-71(104(13,14)15)59-85(92)111(97-75(65-36-23-17-24-37-65)45-33-46-76(97)66-38-25-18-26-39-66)89-63-87-94-99(96(89)107)113-91-61-70(103(10,11)12)51-55-80(91)106(94)78-53-49-68(101(4,5)6)57-83(78)109(87)73-42-29-20-30-43-73/h16-63H,1-15H3. The van der Waals surface area contributed by atoms with Crippen LogP contribution in [-0.4, -0.2) is 20.1 Å². The van der Waals surface area contributed by atoms with Crippen molar-refractivity contribution in [1.29, 1.82) is 0 Å². The van der Waals surface area contributed by atoms with Crippen LogP contribution in [0.1, 0.15) is 132 Å². The maximum atomic E-state index is 8.52. The molecule has 6 heterocycles. The van der Waals surface area contributed by atoms with Crippen molar-refractivity contribution in [2.75, 3.05) is 19.6 Å². The molecule has 113 heavy (non-hydrogen) atoms. The summed E-state index contributed by atoms with van der Waals surface area (Å²) in [5, 5.41) is 0. The number of fused-ring (bicyclic) bond motifs is 14. The van der Waals surface area contributed by atoms with Crippen molar-refractivity contribution in [2.45, 2.75) is 131 Å². The van der Waals surface area contributed by atoms with E-state index in [-0.39, 0.29) is 40.5 Å². The third kappa shape index (κ3) is 11.1. The Balaban J connectivity index is 1.03. The van der Waals surface area contributed by atoms with E-state index in [1.54, 1.807) is 0 Å². The third-order valence-electron chi connectivity index (χ3n) is 24.9. The average Bonchev–Trinajstić information content (AvgIpc) is 0.664. The van der Waals surface area contributed by atoms with Gasteiger partial charge < -0.3 is 29.1 Å². The second-order valence-corrected chi connectivity index (χ2v) is 37.2. The molecule has 0 aliphatic carbocycles. The molecule has 9 heteroatoms. The van der Waals surface area contributed by atoms with Crippen LogP contribution in [0.25, 0.3) is 33.4 Å². The second kappa shape index (κ2) is 25.3. The number of hydrogen-bond donors (Lipinski definition) is 0. The van der Waals surface area contributed by atoms with E-state index < -0.39 is 6.71 Å². The molecule has 0 amide bonds. The van der Waals surface area contributed by atoms with E-state index in [4.69, 9.17) is 9.47 Å². The van der Waals surface area contributed by atoms with Crippen LogP contribution in [0.5, 0.6) is 23.0 Å². The molecule has 550 valence electrons. The van der Waals surface area contributed by atoms with Crippen molar-refractivity contribution in [1.82, 2.24) is 0 Å². The SMILES string of the molecule is CC(C)(C)c1ccc2c(c1)Oc1c3c(cc4c1B1c5c(cc(C(C)(C)C)cc5N(c5c(-c6ccccc6)cccc5-c5ccccc5)c5cc6c7c(c51)Oc1cc(C(C)(C)C)ccc1B7c1ccc(C(C)(C)C)cc1N6c1ccccc1)N4c1ccccc1-c1ccccc1)N(c1ccccc1)c1cc(C(C)(C)C)ccc1B23. The zero-order valence-electron chi connectivity index (χ0n) is 67.6. The van der Waals surface area contributed by atoms with Crippen molar-refractivity contribution < 1.29 is 9.47 Å². The van der Waals surface area contributed by atoms with Gasteiger partial charge in [-0.15, -0.1) is 0 Å². The molecule has 0 aromatic heterocycles. The number of nitrogens with zero attached hydrogens (tertiary/aromatic N) is 4. The smallest absolute Gasteiger partial charge is 0.261 e. The van der Waals surface area contributed by atoms with Crippen LogP contribution in [0.15, 0.2) is 291 Å². The monoisotopic (exact) mass is 1460 g/mol. The molecule has 20 rings (SSSR count). The van der Waals surface area contributed by atoms with E-state index in [0.29, 0.717) is 0 Å². The van der Waals surface area contributed by atoms with Crippen LogP contribution in [0.2, 0.25) is 0 Å². The molecule has 0 atom stereocenters. The summed E-state index contributed by atoms with van der Waals surface area (Å²) < 4.78 is 17.0. The highest BCUT2D eigenvalue weighted by atomic mass is 16.5. The fourth-order valence-electron chi connectivity index (χ4n) is 19.0. The van der Waals surface area contributed by atoms with Crippen LogP contribution in [0, 0.1) is 0 Å². The van der Waals surface area contributed by atoms with Gasteiger partial charge in [-0.25, -0.2) is 0 Å². The first-order chi connectivity index (χ1) is 54.3. The number of rotatable bonds is 7. The molecule has 6 aliphatic heterocycles. The molecule has 14 aromatic rings. The topological polar surface area (TPSA) is 31.4 Å². The molecule has 0 radical (unpaired) electrons. The molecule has 14 aromatic carbocycles. The van der Waals surface area contributed by atoms with Gasteiger partial charge >= 0.3 is 0 Å². The van der Waals surface area contributed by atoms with Crippen LogP contribution in [0.4, 0.5) is 68.2 Å². The van der Waals surface area contributed by atoms with Crippen LogP contribution >= 0.6 is 0 Å². The van der Waals surface area contributed by atoms with Crippen molar-refractivity contribution in [3.05, 3.63) is 319 Å². The quantitative estimate of drug-likeness (QED) is 0.148. The molecule has 0 bridgehead atoms. The fraction of sp³-hybridized carbons (Fsp3) is 0.192. The van der Waals surface area contributed by atoms with Gasteiger partial charge in [-0.1, -0.05) is 316 Å². The first-order valence-electron chi connectivity index (χ1n) is 40.5. The maximum absolute atomic E-state index is 8.52. The Morgan fingerprint density at radius 1 is 0.221 bits per heavy atom. The first kappa shape index (κ1) is 70.2. The highest BCUT2D eigenvalue weighted by Gasteiger charge is 2.56. The van der Waals surface area contributed by atoms with Crippen molar-refractivity contribution in [2.24, 2.45) is 0 Å². The minimum Gasteiger partial charge on any atom is -0.459 e. The predicted molar refractivity (Wildman–Crippen MR) is 482 cm³/mol. The van der Waals surface area contributed by atoms with E-state index in [0.717, 1.165) is 163 Å². The van der Waals surface area contributed by atoms with Gasteiger partial charge in [0, 0.05) is 73.6 Å². The number of hydrogen-bond acceptors (Lipinski definition) is 6. The lowest BCUT2D eigenvalue weighted by atomic mass is 9.28. The number of para-hydroxylation sites is 4. The molecule has 0 N–H and O–H groups in total. The molecule has 0 saturated heterocycles. The van der Waals surface area contributed by atoms with E-state index in [1.807, 2.05) is 0 Å². The Morgan fingerprint density at radius 2 is 0.531 bits per heavy atom. The molecule has 6 aliphatic rings. The molecule has 0 saturated carbocycles. The van der Waals surface area contributed by atoms with Crippen LogP contribution in [-0.2, 0) is 27.1 Å². The minimum absolute atomic E-state index is 0.158. The summed E-state index contributed by atoms with van der Waals surface area (Å²) in [7, 11) is 0. The summed E-state index contributed by atoms with van der Waals surface area (Å²) in [5.41, 5.74) is 35.1. The zero-order valence-corrected chi connectivity index (χ0v) is 67.6. The summed E-state index contributed by atoms with van der Waals surface area (Å²) in [4.78, 5) is 10.5.